The summed E-state index contributed by atoms with van der Waals surface area (Å²) < 4.78 is 16.6. The Morgan fingerprint density at radius 3 is 3.05 bits per heavy atom. The maximum absolute atomic E-state index is 5.72. The number of ether oxygens (including phenoxy) is 3. The Morgan fingerprint density at radius 1 is 1.33 bits per heavy atom. The Labute approximate surface area is 126 Å². The highest BCUT2D eigenvalue weighted by molar-refractivity contribution is 5.45. The molecule has 0 amide bonds. The molecule has 0 radical (unpaired) electrons. The van der Waals surface area contributed by atoms with Crippen LogP contribution in [0.5, 0.6) is 11.5 Å². The maximum Gasteiger partial charge on any atom is 0.231 e. The highest BCUT2D eigenvalue weighted by Gasteiger charge is 2.21. The molecule has 2 aliphatic heterocycles. The van der Waals surface area contributed by atoms with Crippen LogP contribution in [-0.2, 0) is 4.74 Å². The molecule has 0 bridgehead atoms. The van der Waals surface area contributed by atoms with Crippen molar-refractivity contribution in [2.75, 3.05) is 40.1 Å². The lowest BCUT2D eigenvalue weighted by Gasteiger charge is -2.27. The van der Waals surface area contributed by atoms with E-state index in [4.69, 9.17) is 14.2 Å². The number of fused-ring (bicyclic) bond motifs is 1. The van der Waals surface area contributed by atoms with Crippen LogP contribution >= 0.6 is 0 Å². The number of nitrogens with zero attached hydrogens (tertiary/aromatic N) is 1. The SMILES string of the molecule is CNC(CN1CCCOC(C)C1)c1ccc2c(c1)OCO2. The van der Waals surface area contributed by atoms with Gasteiger partial charge in [0, 0.05) is 32.3 Å². The molecule has 1 saturated heterocycles. The van der Waals surface area contributed by atoms with E-state index in [9.17, 15) is 0 Å². The van der Waals surface area contributed by atoms with Crippen molar-refractivity contribution in [1.29, 1.82) is 0 Å². The van der Waals surface area contributed by atoms with Gasteiger partial charge in [-0.25, -0.2) is 0 Å². The highest BCUT2D eigenvalue weighted by atomic mass is 16.7. The number of rotatable bonds is 4. The van der Waals surface area contributed by atoms with E-state index in [-0.39, 0.29) is 6.04 Å². The first kappa shape index (κ1) is 14.6. The second kappa shape index (κ2) is 6.64. The molecule has 5 nitrogen and oxygen atoms in total. The van der Waals surface area contributed by atoms with Crippen LogP contribution in [-0.4, -0.2) is 51.1 Å². The molecule has 116 valence electrons. The summed E-state index contributed by atoms with van der Waals surface area (Å²) in [5.74, 6) is 1.69. The first-order valence-electron chi connectivity index (χ1n) is 7.67. The molecule has 3 rings (SSSR count). The average Bonchev–Trinajstić information content (AvgIpc) is 2.86. The van der Waals surface area contributed by atoms with Crippen LogP contribution in [0, 0.1) is 0 Å². The van der Waals surface area contributed by atoms with Crippen molar-refractivity contribution in [2.24, 2.45) is 0 Å². The molecule has 1 aromatic rings. The van der Waals surface area contributed by atoms with E-state index < -0.39 is 0 Å². The second-order valence-electron chi connectivity index (χ2n) is 5.75. The monoisotopic (exact) mass is 292 g/mol. The van der Waals surface area contributed by atoms with Gasteiger partial charge in [0.2, 0.25) is 6.79 Å². The number of hydrogen-bond donors (Lipinski definition) is 1. The fraction of sp³-hybridized carbons (Fsp3) is 0.625. The molecule has 1 aromatic carbocycles. The normalized spacial score (nSPS) is 23.8. The summed E-state index contributed by atoms with van der Waals surface area (Å²) in [6.45, 7) is 6.39. The van der Waals surface area contributed by atoms with Crippen molar-refractivity contribution >= 4 is 0 Å². The lowest BCUT2D eigenvalue weighted by molar-refractivity contribution is 0.0665. The molecule has 0 saturated carbocycles. The Hall–Kier alpha value is -1.30. The number of benzene rings is 1. The zero-order chi connectivity index (χ0) is 14.7. The molecule has 2 unspecified atom stereocenters. The van der Waals surface area contributed by atoms with Gasteiger partial charge in [-0.15, -0.1) is 0 Å². The molecule has 1 fully saturated rings. The van der Waals surface area contributed by atoms with Crippen molar-refractivity contribution in [1.82, 2.24) is 10.2 Å². The van der Waals surface area contributed by atoms with E-state index in [2.05, 4.69) is 29.3 Å². The summed E-state index contributed by atoms with van der Waals surface area (Å²) in [4.78, 5) is 2.48. The molecule has 0 aliphatic carbocycles. The van der Waals surface area contributed by atoms with Gasteiger partial charge in [0.1, 0.15) is 0 Å². The number of likely N-dealkylation sites (N-methyl/N-ethyl adjacent to an activating group) is 1. The van der Waals surface area contributed by atoms with Crippen molar-refractivity contribution in [3.8, 4) is 11.5 Å². The molecular formula is C16H24N2O3. The molecule has 5 heteroatoms. The van der Waals surface area contributed by atoms with Gasteiger partial charge in [-0.3, -0.25) is 4.90 Å². The van der Waals surface area contributed by atoms with E-state index in [0.29, 0.717) is 12.9 Å². The third-order valence-corrected chi connectivity index (χ3v) is 4.12. The lowest BCUT2D eigenvalue weighted by atomic mass is 10.1. The maximum atomic E-state index is 5.72. The predicted molar refractivity (Wildman–Crippen MR) is 80.8 cm³/mol. The van der Waals surface area contributed by atoms with Gasteiger partial charge in [-0.05, 0) is 38.1 Å². The third-order valence-electron chi connectivity index (χ3n) is 4.12. The first-order chi connectivity index (χ1) is 10.3. The van der Waals surface area contributed by atoms with E-state index in [1.807, 2.05) is 13.1 Å². The number of hydrogen-bond acceptors (Lipinski definition) is 5. The fourth-order valence-electron chi connectivity index (χ4n) is 3.00. The van der Waals surface area contributed by atoms with Gasteiger partial charge in [0.15, 0.2) is 11.5 Å². The minimum atomic E-state index is 0.282. The smallest absolute Gasteiger partial charge is 0.231 e. The zero-order valence-corrected chi connectivity index (χ0v) is 12.8. The minimum Gasteiger partial charge on any atom is -0.454 e. The van der Waals surface area contributed by atoms with Gasteiger partial charge in [0.05, 0.1) is 6.10 Å². The molecule has 1 N–H and O–H groups in total. The largest absolute Gasteiger partial charge is 0.454 e. The van der Waals surface area contributed by atoms with Crippen molar-refractivity contribution in [3.05, 3.63) is 23.8 Å². The van der Waals surface area contributed by atoms with Crippen LogP contribution in [0.25, 0.3) is 0 Å². The average molecular weight is 292 g/mol. The van der Waals surface area contributed by atoms with Gasteiger partial charge in [-0.1, -0.05) is 6.07 Å². The van der Waals surface area contributed by atoms with Crippen LogP contribution in [0.4, 0.5) is 0 Å². The topological polar surface area (TPSA) is 43.0 Å². The van der Waals surface area contributed by atoms with Crippen LogP contribution in [0.2, 0.25) is 0 Å². The Kier molecular flexibility index (Phi) is 4.63. The molecule has 0 spiro atoms. The van der Waals surface area contributed by atoms with Gasteiger partial charge >= 0.3 is 0 Å². The summed E-state index contributed by atoms with van der Waals surface area (Å²) in [5, 5.41) is 3.41. The molecule has 2 aliphatic rings. The Balaban J connectivity index is 1.69. The summed E-state index contributed by atoms with van der Waals surface area (Å²) in [6, 6.07) is 6.48. The van der Waals surface area contributed by atoms with Crippen LogP contribution in [0.15, 0.2) is 18.2 Å². The van der Waals surface area contributed by atoms with E-state index in [0.717, 1.165) is 44.2 Å². The minimum absolute atomic E-state index is 0.282. The highest BCUT2D eigenvalue weighted by Crippen LogP contribution is 2.34. The molecule has 21 heavy (non-hydrogen) atoms. The van der Waals surface area contributed by atoms with Crippen LogP contribution < -0.4 is 14.8 Å². The van der Waals surface area contributed by atoms with E-state index >= 15 is 0 Å². The summed E-state index contributed by atoms with van der Waals surface area (Å²) in [5.41, 5.74) is 1.24. The van der Waals surface area contributed by atoms with Crippen LogP contribution in [0.1, 0.15) is 24.9 Å². The standard InChI is InChI=1S/C16H24N2O3/c1-12-9-18(6-3-7-19-12)10-14(17-2)13-4-5-15-16(8-13)21-11-20-15/h4-5,8,12,14,17H,3,6-7,9-11H2,1-2H3. The van der Waals surface area contributed by atoms with Gasteiger partial charge in [-0.2, -0.15) is 0 Å². The zero-order valence-electron chi connectivity index (χ0n) is 12.8. The summed E-state index contributed by atoms with van der Waals surface area (Å²) in [6.07, 6.45) is 1.41. The van der Waals surface area contributed by atoms with Crippen molar-refractivity contribution in [2.45, 2.75) is 25.5 Å². The van der Waals surface area contributed by atoms with Gasteiger partial charge in [0.25, 0.3) is 0 Å². The quantitative estimate of drug-likeness (QED) is 0.916. The molecular weight excluding hydrogens is 268 g/mol. The summed E-state index contributed by atoms with van der Waals surface area (Å²) in [7, 11) is 2.01. The van der Waals surface area contributed by atoms with E-state index in [1.165, 1.54) is 5.56 Å². The predicted octanol–water partition coefficient (Wildman–Crippen LogP) is 1.79. The Bertz CT molecular complexity index is 481. The van der Waals surface area contributed by atoms with Crippen molar-refractivity contribution in [3.63, 3.8) is 0 Å². The third kappa shape index (κ3) is 3.48. The molecule has 0 aromatic heterocycles. The first-order valence-corrected chi connectivity index (χ1v) is 7.67. The second-order valence-corrected chi connectivity index (χ2v) is 5.75. The molecule has 2 atom stereocenters. The van der Waals surface area contributed by atoms with Crippen molar-refractivity contribution < 1.29 is 14.2 Å². The van der Waals surface area contributed by atoms with Gasteiger partial charge < -0.3 is 19.5 Å². The summed E-state index contributed by atoms with van der Waals surface area (Å²) >= 11 is 0. The Morgan fingerprint density at radius 2 is 2.19 bits per heavy atom. The molecule has 2 heterocycles. The van der Waals surface area contributed by atoms with E-state index in [1.54, 1.807) is 0 Å². The number of nitrogens with one attached hydrogen (secondary N) is 1. The fourth-order valence-corrected chi connectivity index (χ4v) is 3.00. The lowest BCUT2D eigenvalue weighted by Crippen LogP contribution is -2.37. The van der Waals surface area contributed by atoms with Crippen LogP contribution in [0.3, 0.4) is 0 Å².